The maximum absolute atomic E-state index is 12.7. The predicted molar refractivity (Wildman–Crippen MR) is 88.4 cm³/mol. The van der Waals surface area contributed by atoms with Crippen LogP contribution in [0.2, 0.25) is 0 Å². The van der Waals surface area contributed by atoms with E-state index in [1.54, 1.807) is 0 Å². The molecule has 4 atom stereocenters. The quantitative estimate of drug-likeness (QED) is 0.799. The number of hydrogen-bond acceptors (Lipinski definition) is 2. The minimum atomic E-state index is 0.161. The SMILES string of the molecule is CC1CN(C(=O)C2CC23COCC(C(C)C)C(C(C)C)C3)C1. The summed E-state index contributed by atoms with van der Waals surface area (Å²) in [6.07, 6.45) is 2.25. The van der Waals surface area contributed by atoms with Crippen LogP contribution in [-0.2, 0) is 9.53 Å². The summed E-state index contributed by atoms with van der Waals surface area (Å²) in [5.41, 5.74) is 0.161. The third-order valence-corrected chi connectivity index (χ3v) is 6.47. The molecule has 0 aromatic rings. The van der Waals surface area contributed by atoms with Gasteiger partial charge in [0.1, 0.15) is 0 Å². The lowest BCUT2D eigenvalue weighted by molar-refractivity contribution is -0.139. The number of carbonyl (C=O) groups is 1. The summed E-state index contributed by atoms with van der Waals surface area (Å²) in [7, 11) is 0. The van der Waals surface area contributed by atoms with Crippen LogP contribution in [0.5, 0.6) is 0 Å². The molecule has 126 valence electrons. The van der Waals surface area contributed by atoms with Crippen molar-refractivity contribution in [2.24, 2.45) is 40.9 Å². The van der Waals surface area contributed by atoms with Crippen LogP contribution in [0.1, 0.15) is 47.5 Å². The Morgan fingerprint density at radius 1 is 1.09 bits per heavy atom. The van der Waals surface area contributed by atoms with Crippen molar-refractivity contribution in [3.05, 3.63) is 0 Å². The van der Waals surface area contributed by atoms with E-state index < -0.39 is 0 Å². The van der Waals surface area contributed by atoms with Gasteiger partial charge in [-0.1, -0.05) is 34.6 Å². The molecule has 3 aliphatic rings. The fraction of sp³-hybridized carbons (Fsp3) is 0.947. The first kappa shape index (κ1) is 16.3. The minimum Gasteiger partial charge on any atom is -0.381 e. The van der Waals surface area contributed by atoms with Crippen molar-refractivity contribution in [2.45, 2.75) is 47.5 Å². The van der Waals surface area contributed by atoms with Crippen molar-refractivity contribution >= 4 is 5.91 Å². The first-order valence-electron chi connectivity index (χ1n) is 9.20. The maximum Gasteiger partial charge on any atom is 0.226 e. The monoisotopic (exact) mass is 307 g/mol. The molecular formula is C19H33NO2. The molecule has 1 spiro atoms. The molecule has 0 aromatic carbocycles. The summed E-state index contributed by atoms with van der Waals surface area (Å²) in [5, 5.41) is 0. The zero-order valence-electron chi connectivity index (χ0n) is 15.0. The van der Waals surface area contributed by atoms with Crippen molar-refractivity contribution in [3.8, 4) is 0 Å². The van der Waals surface area contributed by atoms with E-state index in [0.717, 1.165) is 32.7 Å². The van der Waals surface area contributed by atoms with Gasteiger partial charge in [-0.05, 0) is 42.4 Å². The van der Waals surface area contributed by atoms with Crippen LogP contribution in [0.3, 0.4) is 0 Å². The molecule has 3 nitrogen and oxygen atoms in total. The third-order valence-electron chi connectivity index (χ3n) is 6.47. The molecule has 22 heavy (non-hydrogen) atoms. The van der Waals surface area contributed by atoms with Gasteiger partial charge in [0.15, 0.2) is 0 Å². The van der Waals surface area contributed by atoms with Gasteiger partial charge in [-0.3, -0.25) is 4.79 Å². The van der Waals surface area contributed by atoms with Gasteiger partial charge in [0.2, 0.25) is 5.91 Å². The van der Waals surface area contributed by atoms with Crippen LogP contribution in [-0.4, -0.2) is 37.1 Å². The molecule has 0 N–H and O–H groups in total. The van der Waals surface area contributed by atoms with Crippen LogP contribution >= 0.6 is 0 Å². The zero-order chi connectivity index (χ0) is 16.1. The van der Waals surface area contributed by atoms with E-state index >= 15 is 0 Å². The van der Waals surface area contributed by atoms with Crippen LogP contribution in [0.25, 0.3) is 0 Å². The molecule has 2 aliphatic heterocycles. The lowest BCUT2D eigenvalue weighted by Crippen LogP contribution is -2.50. The summed E-state index contributed by atoms with van der Waals surface area (Å²) in [6, 6.07) is 0. The Labute approximate surface area is 135 Å². The Morgan fingerprint density at radius 2 is 1.73 bits per heavy atom. The highest BCUT2D eigenvalue weighted by Gasteiger charge is 2.61. The molecule has 0 bridgehead atoms. The van der Waals surface area contributed by atoms with Crippen LogP contribution < -0.4 is 0 Å². The maximum atomic E-state index is 12.7. The second-order valence-electron chi connectivity index (χ2n) is 9.00. The summed E-state index contributed by atoms with van der Waals surface area (Å²) < 4.78 is 6.09. The van der Waals surface area contributed by atoms with Crippen LogP contribution in [0, 0.1) is 40.9 Å². The molecular weight excluding hydrogens is 274 g/mol. The average Bonchev–Trinajstić information content (AvgIpc) is 3.15. The summed E-state index contributed by atoms with van der Waals surface area (Å²) in [5.74, 6) is 4.01. The van der Waals surface area contributed by atoms with Gasteiger partial charge >= 0.3 is 0 Å². The minimum absolute atomic E-state index is 0.161. The van der Waals surface area contributed by atoms with Crippen molar-refractivity contribution < 1.29 is 9.53 Å². The van der Waals surface area contributed by atoms with Crippen molar-refractivity contribution in [1.29, 1.82) is 0 Å². The van der Waals surface area contributed by atoms with Gasteiger partial charge in [-0.25, -0.2) is 0 Å². The summed E-state index contributed by atoms with van der Waals surface area (Å²) in [6.45, 7) is 15.2. The molecule has 1 aliphatic carbocycles. The highest BCUT2D eigenvalue weighted by molar-refractivity contribution is 5.83. The molecule has 3 heteroatoms. The third kappa shape index (κ3) is 2.81. The number of carbonyl (C=O) groups excluding carboxylic acids is 1. The molecule has 2 heterocycles. The highest BCUT2D eigenvalue weighted by Crippen LogP contribution is 2.60. The van der Waals surface area contributed by atoms with E-state index in [2.05, 4.69) is 39.5 Å². The number of nitrogens with zero attached hydrogens (tertiary/aromatic N) is 1. The lowest BCUT2D eigenvalue weighted by Gasteiger charge is -2.38. The number of rotatable bonds is 3. The second-order valence-corrected chi connectivity index (χ2v) is 9.00. The number of hydrogen-bond donors (Lipinski definition) is 0. The Hall–Kier alpha value is -0.570. The molecule has 0 aromatic heterocycles. The number of amides is 1. The van der Waals surface area contributed by atoms with E-state index in [0.29, 0.717) is 35.5 Å². The van der Waals surface area contributed by atoms with E-state index in [1.807, 2.05) is 0 Å². The standard InChI is InChI=1S/C19H33NO2/c1-12(2)15-6-19(11-22-10-16(15)13(3)4)7-17(19)18(21)20-8-14(5)9-20/h12-17H,6-11H2,1-5H3. The van der Waals surface area contributed by atoms with Gasteiger partial charge in [-0.15, -0.1) is 0 Å². The van der Waals surface area contributed by atoms with Crippen molar-refractivity contribution in [2.75, 3.05) is 26.3 Å². The first-order valence-corrected chi connectivity index (χ1v) is 9.20. The zero-order valence-corrected chi connectivity index (χ0v) is 15.0. The normalized spacial score (nSPS) is 39.2. The van der Waals surface area contributed by atoms with E-state index in [4.69, 9.17) is 4.74 Å². The molecule has 1 saturated carbocycles. The Balaban J connectivity index is 1.69. The van der Waals surface area contributed by atoms with Crippen molar-refractivity contribution in [1.82, 2.24) is 4.90 Å². The van der Waals surface area contributed by atoms with E-state index in [9.17, 15) is 4.79 Å². The average molecular weight is 307 g/mol. The molecule has 2 saturated heterocycles. The number of ether oxygens (including phenoxy) is 1. The van der Waals surface area contributed by atoms with Crippen molar-refractivity contribution in [3.63, 3.8) is 0 Å². The fourth-order valence-electron chi connectivity index (χ4n) is 4.80. The summed E-state index contributed by atoms with van der Waals surface area (Å²) >= 11 is 0. The predicted octanol–water partition coefficient (Wildman–Crippen LogP) is 3.44. The van der Waals surface area contributed by atoms with E-state index in [1.165, 1.54) is 6.42 Å². The topological polar surface area (TPSA) is 29.5 Å². The number of likely N-dealkylation sites (tertiary alicyclic amines) is 1. The molecule has 0 radical (unpaired) electrons. The largest absolute Gasteiger partial charge is 0.381 e. The van der Waals surface area contributed by atoms with Gasteiger partial charge < -0.3 is 9.64 Å². The van der Waals surface area contributed by atoms with Gasteiger partial charge in [0, 0.05) is 31.0 Å². The lowest BCUT2D eigenvalue weighted by atomic mass is 9.73. The Kier molecular flexibility index (Phi) is 4.30. The van der Waals surface area contributed by atoms with Gasteiger partial charge in [0.05, 0.1) is 6.61 Å². The highest BCUT2D eigenvalue weighted by atomic mass is 16.5. The van der Waals surface area contributed by atoms with Crippen LogP contribution in [0.15, 0.2) is 0 Å². The van der Waals surface area contributed by atoms with Gasteiger partial charge in [-0.2, -0.15) is 0 Å². The smallest absolute Gasteiger partial charge is 0.226 e. The summed E-state index contributed by atoms with van der Waals surface area (Å²) in [4.78, 5) is 14.7. The fourth-order valence-corrected chi connectivity index (χ4v) is 4.80. The van der Waals surface area contributed by atoms with Crippen LogP contribution in [0.4, 0.5) is 0 Å². The molecule has 4 unspecified atom stereocenters. The Bertz CT molecular complexity index is 427. The first-order chi connectivity index (χ1) is 10.3. The van der Waals surface area contributed by atoms with Gasteiger partial charge in [0.25, 0.3) is 0 Å². The van der Waals surface area contributed by atoms with E-state index in [-0.39, 0.29) is 11.3 Å². The molecule has 3 fully saturated rings. The Morgan fingerprint density at radius 3 is 2.27 bits per heavy atom. The molecule has 1 amide bonds. The second kappa shape index (κ2) is 5.81. The molecule has 3 rings (SSSR count).